The van der Waals surface area contributed by atoms with Gasteiger partial charge in [0.1, 0.15) is 0 Å². The number of urea groups is 1. The molecule has 0 radical (unpaired) electrons. The van der Waals surface area contributed by atoms with Crippen LogP contribution in [0.5, 0.6) is 0 Å². The van der Waals surface area contributed by atoms with Gasteiger partial charge in [0.15, 0.2) is 0 Å². The molecule has 0 aliphatic rings. The fraction of sp³-hybridized carbons (Fsp3) is 0.778. The first-order valence-electron chi connectivity index (χ1n) is 4.91. The third-order valence-electron chi connectivity index (χ3n) is 1.73. The zero-order chi connectivity index (χ0) is 11.7. The Morgan fingerprint density at radius 2 is 1.87 bits per heavy atom. The monoisotopic (exact) mass is 217 g/mol. The zero-order valence-electron chi connectivity index (χ0n) is 9.25. The van der Waals surface area contributed by atoms with Gasteiger partial charge in [0, 0.05) is 33.6 Å². The molecule has 0 aliphatic heterocycles. The van der Waals surface area contributed by atoms with E-state index in [-0.39, 0.29) is 12.5 Å². The maximum atomic E-state index is 11.0. The molecule has 0 saturated heterocycles. The van der Waals surface area contributed by atoms with E-state index in [2.05, 4.69) is 10.6 Å². The Morgan fingerprint density at radius 1 is 1.20 bits per heavy atom. The van der Waals surface area contributed by atoms with Crippen LogP contribution < -0.4 is 10.6 Å². The average Bonchev–Trinajstić information content (AvgIpc) is 2.15. The van der Waals surface area contributed by atoms with Crippen molar-refractivity contribution in [3.63, 3.8) is 0 Å². The van der Waals surface area contributed by atoms with Crippen molar-refractivity contribution >= 4 is 12.0 Å². The molecule has 0 saturated carbocycles. The zero-order valence-corrected chi connectivity index (χ0v) is 9.25. The van der Waals surface area contributed by atoms with Crippen LogP contribution in [0.4, 0.5) is 4.79 Å². The minimum atomic E-state index is -0.780. The lowest BCUT2D eigenvalue weighted by Gasteiger charge is -2.11. The number of rotatable bonds is 7. The molecule has 0 rings (SSSR count). The lowest BCUT2D eigenvalue weighted by Crippen LogP contribution is -2.38. The van der Waals surface area contributed by atoms with E-state index in [0.29, 0.717) is 26.1 Å². The second-order valence-electron chi connectivity index (χ2n) is 3.37. The fourth-order valence-electron chi connectivity index (χ4n) is 0.906. The molecule has 2 amide bonds. The molecule has 0 aromatic carbocycles. The molecular formula is C9H19N3O3. The van der Waals surface area contributed by atoms with E-state index in [0.717, 1.165) is 0 Å². The second-order valence-corrected chi connectivity index (χ2v) is 3.37. The van der Waals surface area contributed by atoms with E-state index in [4.69, 9.17) is 5.11 Å². The Hall–Kier alpha value is -1.30. The highest BCUT2D eigenvalue weighted by molar-refractivity contribution is 5.73. The number of aliphatic carboxylic acids is 1. The summed E-state index contributed by atoms with van der Waals surface area (Å²) in [5, 5.41) is 14.1. The molecule has 3 N–H and O–H groups in total. The fourth-order valence-corrected chi connectivity index (χ4v) is 0.906. The summed E-state index contributed by atoms with van der Waals surface area (Å²) in [5.74, 6) is -0.780. The van der Waals surface area contributed by atoms with Crippen LogP contribution in [0.2, 0.25) is 0 Å². The SMILES string of the molecule is CN(C)C(=O)NCCNCCCC(=O)O. The highest BCUT2D eigenvalue weighted by Gasteiger charge is 2.00. The molecule has 0 fully saturated rings. The maximum absolute atomic E-state index is 11.0. The summed E-state index contributed by atoms with van der Waals surface area (Å²) >= 11 is 0. The summed E-state index contributed by atoms with van der Waals surface area (Å²) in [6.07, 6.45) is 0.786. The number of nitrogens with one attached hydrogen (secondary N) is 2. The van der Waals surface area contributed by atoms with Gasteiger partial charge in [0.25, 0.3) is 0 Å². The van der Waals surface area contributed by atoms with Crippen LogP contribution >= 0.6 is 0 Å². The van der Waals surface area contributed by atoms with Crippen LogP contribution in [0, 0.1) is 0 Å². The first-order chi connectivity index (χ1) is 7.04. The Morgan fingerprint density at radius 3 is 2.40 bits per heavy atom. The lowest BCUT2D eigenvalue weighted by molar-refractivity contribution is -0.137. The number of carboxylic acids is 1. The van der Waals surface area contributed by atoms with Gasteiger partial charge in [-0.25, -0.2) is 4.79 Å². The topological polar surface area (TPSA) is 81.7 Å². The molecule has 0 bridgehead atoms. The summed E-state index contributed by atoms with van der Waals surface area (Å²) in [6.45, 7) is 1.85. The predicted molar refractivity (Wildman–Crippen MR) is 56.8 cm³/mol. The van der Waals surface area contributed by atoms with E-state index < -0.39 is 5.97 Å². The van der Waals surface area contributed by atoms with E-state index in [9.17, 15) is 9.59 Å². The smallest absolute Gasteiger partial charge is 0.316 e. The molecular weight excluding hydrogens is 198 g/mol. The van der Waals surface area contributed by atoms with Gasteiger partial charge in [-0.3, -0.25) is 4.79 Å². The largest absolute Gasteiger partial charge is 0.481 e. The Balaban J connectivity index is 3.18. The Bertz CT molecular complexity index is 207. The van der Waals surface area contributed by atoms with Crippen molar-refractivity contribution in [1.29, 1.82) is 0 Å². The number of carboxylic acid groups (broad SMARTS) is 1. The molecule has 0 unspecified atom stereocenters. The normalized spacial score (nSPS) is 9.73. The molecule has 6 heteroatoms. The lowest BCUT2D eigenvalue weighted by atomic mass is 10.3. The molecule has 0 aromatic heterocycles. The van der Waals surface area contributed by atoms with Gasteiger partial charge < -0.3 is 20.6 Å². The van der Waals surface area contributed by atoms with Crippen molar-refractivity contribution in [2.24, 2.45) is 0 Å². The van der Waals surface area contributed by atoms with Crippen LogP contribution in [0.25, 0.3) is 0 Å². The van der Waals surface area contributed by atoms with Crippen LogP contribution in [0.3, 0.4) is 0 Å². The predicted octanol–water partition coefficient (Wildman–Crippen LogP) is -0.288. The number of hydrogen-bond acceptors (Lipinski definition) is 3. The van der Waals surface area contributed by atoms with E-state index in [1.165, 1.54) is 4.90 Å². The van der Waals surface area contributed by atoms with Gasteiger partial charge in [0.05, 0.1) is 0 Å². The van der Waals surface area contributed by atoms with Gasteiger partial charge >= 0.3 is 12.0 Å². The van der Waals surface area contributed by atoms with Crippen LogP contribution in [0.15, 0.2) is 0 Å². The van der Waals surface area contributed by atoms with Gasteiger partial charge in [-0.15, -0.1) is 0 Å². The van der Waals surface area contributed by atoms with Crippen LogP contribution in [0.1, 0.15) is 12.8 Å². The molecule has 88 valence electrons. The van der Waals surface area contributed by atoms with Crippen molar-refractivity contribution in [3.05, 3.63) is 0 Å². The standard InChI is InChI=1S/C9H19N3O3/c1-12(2)9(15)11-7-6-10-5-3-4-8(13)14/h10H,3-7H2,1-2H3,(H,11,15)(H,13,14). The Kier molecular flexibility index (Phi) is 7.35. The molecule has 0 aliphatic carbocycles. The van der Waals surface area contributed by atoms with Crippen molar-refractivity contribution in [2.75, 3.05) is 33.7 Å². The highest BCUT2D eigenvalue weighted by atomic mass is 16.4. The van der Waals surface area contributed by atoms with E-state index >= 15 is 0 Å². The molecule has 6 nitrogen and oxygen atoms in total. The molecule has 0 aromatic rings. The van der Waals surface area contributed by atoms with Crippen molar-refractivity contribution < 1.29 is 14.7 Å². The first-order valence-corrected chi connectivity index (χ1v) is 4.91. The first kappa shape index (κ1) is 13.7. The molecule has 0 heterocycles. The molecule has 0 atom stereocenters. The van der Waals surface area contributed by atoms with Crippen molar-refractivity contribution in [3.8, 4) is 0 Å². The van der Waals surface area contributed by atoms with Crippen molar-refractivity contribution in [1.82, 2.24) is 15.5 Å². The van der Waals surface area contributed by atoms with E-state index in [1.807, 2.05) is 0 Å². The van der Waals surface area contributed by atoms with Gasteiger partial charge in [-0.1, -0.05) is 0 Å². The summed E-state index contributed by atoms with van der Waals surface area (Å²) in [5.41, 5.74) is 0. The van der Waals surface area contributed by atoms with Gasteiger partial charge in [0.2, 0.25) is 0 Å². The number of hydrogen-bond donors (Lipinski definition) is 3. The summed E-state index contributed by atoms with van der Waals surface area (Å²) < 4.78 is 0. The molecule has 15 heavy (non-hydrogen) atoms. The van der Waals surface area contributed by atoms with Crippen LogP contribution in [-0.4, -0.2) is 55.7 Å². The summed E-state index contributed by atoms with van der Waals surface area (Å²) in [4.78, 5) is 22.7. The van der Waals surface area contributed by atoms with Gasteiger partial charge in [-0.2, -0.15) is 0 Å². The highest BCUT2D eigenvalue weighted by Crippen LogP contribution is 1.85. The number of nitrogens with zero attached hydrogens (tertiary/aromatic N) is 1. The van der Waals surface area contributed by atoms with Crippen LogP contribution in [-0.2, 0) is 4.79 Å². The maximum Gasteiger partial charge on any atom is 0.316 e. The minimum absolute atomic E-state index is 0.123. The van der Waals surface area contributed by atoms with Gasteiger partial charge in [-0.05, 0) is 13.0 Å². The quantitative estimate of drug-likeness (QED) is 0.512. The Labute approximate surface area is 89.6 Å². The third kappa shape index (κ3) is 9.01. The number of carbonyl (C=O) groups is 2. The van der Waals surface area contributed by atoms with Crippen molar-refractivity contribution in [2.45, 2.75) is 12.8 Å². The number of carbonyl (C=O) groups excluding carboxylic acids is 1. The third-order valence-corrected chi connectivity index (χ3v) is 1.73. The second kappa shape index (κ2) is 8.05. The average molecular weight is 217 g/mol. The molecule has 0 spiro atoms. The van der Waals surface area contributed by atoms with E-state index in [1.54, 1.807) is 14.1 Å². The minimum Gasteiger partial charge on any atom is -0.481 e. The summed E-state index contributed by atoms with van der Waals surface area (Å²) in [6, 6.07) is -0.123. The number of amides is 2. The summed E-state index contributed by atoms with van der Waals surface area (Å²) in [7, 11) is 3.35.